The van der Waals surface area contributed by atoms with Crippen LogP contribution in [0, 0.1) is 5.82 Å². The van der Waals surface area contributed by atoms with Gasteiger partial charge in [-0.05, 0) is 18.2 Å². The molecule has 1 heterocycles. The van der Waals surface area contributed by atoms with Crippen LogP contribution in [0.15, 0.2) is 30.6 Å². The Morgan fingerprint density at radius 1 is 1.37 bits per heavy atom. The van der Waals surface area contributed by atoms with E-state index in [-0.39, 0.29) is 12.0 Å². The Morgan fingerprint density at radius 3 is 2.89 bits per heavy atom. The van der Waals surface area contributed by atoms with Crippen molar-refractivity contribution in [3.05, 3.63) is 52.7 Å². The first-order valence-corrected chi connectivity index (χ1v) is 5.81. The summed E-state index contributed by atoms with van der Waals surface area (Å²) in [4.78, 5) is 19.8. The third-order valence-electron chi connectivity index (χ3n) is 2.48. The van der Waals surface area contributed by atoms with Crippen molar-refractivity contribution in [2.24, 2.45) is 0 Å². The molecule has 98 valence electrons. The Balaban J connectivity index is 2.23. The van der Waals surface area contributed by atoms with Crippen LogP contribution in [0.5, 0.6) is 5.88 Å². The van der Waals surface area contributed by atoms with Gasteiger partial charge in [-0.2, -0.15) is 0 Å². The van der Waals surface area contributed by atoms with E-state index in [0.29, 0.717) is 16.6 Å². The molecule has 0 N–H and O–H groups in total. The maximum Gasteiger partial charge on any atom is 0.216 e. The van der Waals surface area contributed by atoms with Crippen LogP contribution in [-0.2, 0) is 6.42 Å². The maximum atomic E-state index is 13.5. The highest BCUT2D eigenvalue weighted by Crippen LogP contribution is 2.17. The number of methoxy groups -OCH3 is 1. The molecule has 0 spiro atoms. The van der Waals surface area contributed by atoms with Crippen LogP contribution < -0.4 is 4.74 Å². The van der Waals surface area contributed by atoms with E-state index >= 15 is 0 Å². The van der Waals surface area contributed by atoms with E-state index < -0.39 is 11.6 Å². The van der Waals surface area contributed by atoms with E-state index in [9.17, 15) is 9.18 Å². The lowest BCUT2D eigenvalue weighted by Crippen LogP contribution is -2.08. The van der Waals surface area contributed by atoms with Crippen LogP contribution >= 0.6 is 11.6 Å². The van der Waals surface area contributed by atoms with Gasteiger partial charge in [0.15, 0.2) is 5.78 Å². The maximum absolute atomic E-state index is 13.5. The highest BCUT2D eigenvalue weighted by atomic mass is 35.5. The van der Waals surface area contributed by atoms with Gasteiger partial charge in [0, 0.05) is 11.1 Å². The molecule has 2 rings (SSSR count). The number of ether oxygens (including phenoxy) is 1. The molecular weight excluding hydrogens is 271 g/mol. The van der Waals surface area contributed by atoms with Gasteiger partial charge in [0.05, 0.1) is 24.8 Å². The van der Waals surface area contributed by atoms with Crippen LogP contribution in [0.1, 0.15) is 16.1 Å². The molecule has 0 aliphatic rings. The lowest BCUT2D eigenvalue weighted by atomic mass is 10.1. The average Bonchev–Trinajstić information content (AvgIpc) is 2.41. The van der Waals surface area contributed by atoms with Gasteiger partial charge in [-0.3, -0.25) is 4.79 Å². The van der Waals surface area contributed by atoms with Gasteiger partial charge in [-0.15, -0.1) is 0 Å². The van der Waals surface area contributed by atoms with Crippen molar-refractivity contribution in [1.29, 1.82) is 0 Å². The summed E-state index contributed by atoms with van der Waals surface area (Å²) in [6.45, 7) is 0. The van der Waals surface area contributed by atoms with Gasteiger partial charge in [0.2, 0.25) is 5.88 Å². The lowest BCUT2D eigenvalue weighted by Gasteiger charge is -2.04. The number of hydrogen-bond acceptors (Lipinski definition) is 4. The monoisotopic (exact) mass is 280 g/mol. The smallest absolute Gasteiger partial charge is 0.216 e. The van der Waals surface area contributed by atoms with Gasteiger partial charge in [0.25, 0.3) is 0 Å². The molecule has 19 heavy (non-hydrogen) atoms. The molecule has 0 atom stereocenters. The summed E-state index contributed by atoms with van der Waals surface area (Å²) in [5, 5.41) is 0.310. The van der Waals surface area contributed by atoms with Crippen molar-refractivity contribution in [2.75, 3.05) is 7.11 Å². The average molecular weight is 281 g/mol. The molecule has 2 aromatic rings. The number of hydrogen-bond donors (Lipinski definition) is 0. The van der Waals surface area contributed by atoms with E-state index in [1.54, 1.807) is 0 Å². The Kier molecular flexibility index (Phi) is 4.06. The second-order valence-electron chi connectivity index (χ2n) is 3.78. The predicted molar refractivity (Wildman–Crippen MR) is 68.0 cm³/mol. The van der Waals surface area contributed by atoms with Crippen LogP contribution in [0.4, 0.5) is 4.39 Å². The third-order valence-corrected chi connectivity index (χ3v) is 2.71. The second kappa shape index (κ2) is 5.75. The van der Waals surface area contributed by atoms with E-state index in [2.05, 4.69) is 9.97 Å². The highest BCUT2D eigenvalue weighted by Gasteiger charge is 2.14. The number of carbonyl (C=O) groups excluding carboxylic acids is 1. The number of halogens is 2. The molecular formula is C13H10ClFN2O2. The van der Waals surface area contributed by atoms with Crippen molar-refractivity contribution in [3.63, 3.8) is 0 Å². The summed E-state index contributed by atoms with van der Waals surface area (Å²) < 4.78 is 18.5. The molecule has 0 amide bonds. The van der Waals surface area contributed by atoms with Crippen molar-refractivity contribution < 1.29 is 13.9 Å². The molecule has 1 aromatic heterocycles. The van der Waals surface area contributed by atoms with Gasteiger partial charge in [-0.25, -0.2) is 14.4 Å². The predicted octanol–water partition coefficient (Wildman–Crippen LogP) is 2.70. The fourth-order valence-corrected chi connectivity index (χ4v) is 1.73. The van der Waals surface area contributed by atoms with Crippen LogP contribution in [0.25, 0.3) is 0 Å². The Bertz CT molecular complexity index is 619. The van der Waals surface area contributed by atoms with E-state index in [0.717, 1.165) is 6.07 Å². The van der Waals surface area contributed by atoms with Gasteiger partial charge < -0.3 is 4.74 Å². The second-order valence-corrected chi connectivity index (χ2v) is 4.21. The van der Waals surface area contributed by atoms with E-state index in [1.165, 1.54) is 31.6 Å². The Hall–Kier alpha value is -2.01. The summed E-state index contributed by atoms with van der Waals surface area (Å²) in [5.74, 6) is -0.652. The zero-order valence-corrected chi connectivity index (χ0v) is 10.8. The molecule has 0 radical (unpaired) electrons. The Morgan fingerprint density at radius 2 is 2.16 bits per heavy atom. The van der Waals surface area contributed by atoms with Crippen LogP contribution in [-0.4, -0.2) is 22.9 Å². The van der Waals surface area contributed by atoms with E-state index in [4.69, 9.17) is 16.3 Å². The molecule has 4 nitrogen and oxygen atoms in total. The summed E-state index contributed by atoms with van der Waals surface area (Å²) in [6, 6.07) is 5.38. The number of rotatable bonds is 4. The molecule has 0 aliphatic carbocycles. The zero-order chi connectivity index (χ0) is 13.8. The first-order chi connectivity index (χ1) is 9.10. The van der Waals surface area contributed by atoms with Crippen LogP contribution in [0.2, 0.25) is 5.02 Å². The minimum absolute atomic E-state index is 0.0455. The molecule has 0 aliphatic heterocycles. The molecule has 0 fully saturated rings. The first-order valence-electron chi connectivity index (χ1n) is 5.43. The number of aromatic nitrogens is 2. The Labute approximate surface area is 114 Å². The molecule has 0 saturated carbocycles. The van der Waals surface area contributed by atoms with Crippen molar-refractivity contribution >= 4 is 17.4 Å². The summed E-state index contributed by atoms with van der Waals surface area (Å²) in [5.41, 5.74) is 0.404. The molecule has 0 bridgehead atoms. The number of carbonyl (C=O) groups is 1. The van der Waals surface area contributed by atoms with Crippen molar-refractivity contribution in [2.45, 2.75) is 6.42 Å². The van der Waals surface area contributed by atoms with Gasteiger partial charge in [0.1, 0.15) is 12.1 Å². The van der Waals surface area contributed by atoms with Gasteiger partial charge >= 0.3 is 0 Å². The largest absolute Gasteiger partial charge is 0.481 e. The SMILES string of the molecule is COc1cc(CC(=O)c2cc(Cl)ccc2F)ncn1. The minimum Gasteiger partial charge on any atom is -0.481 e. The number of ketones is 1. The quantitative estimate of drug-likeness (QED) is 0.808. The number of Topliss-reactive ketones (excluding diaryl/α,β-unsaturated/α-hetero) is 1. The van der Waals surface area contributed by atoms with Gasteiger partial charge in [-0.1, -0.05) is 11.6 Å². The fraction of sp³-hybridized carbons (Fsp3) is 0.154. The topological polar surface area (TPSA) is 52.1 Å². The number of benzene rings is 1. The summed E-state index contributed by atoms with van der Waals surface area (Å²) in [7, 11) is 1.46. The zero-order valence-electron chi connectivity index (χ0n) is 10.1. The highest BCUT2D eigenvalue weighted by molar-refractivity contribution is 6.31. The summed E-state index contributed by atoms with van der Waals surface area (Å²) >= 11 is 5.75. The normalized spacial score (nSPS) is 10.3. The van der Waals surface area contributed by atoms with Crippen molar-refractivity contribution in [1.82, 2.24) is 9.97 Å². The third kappa shape index (κ3) is 3.26. The summed E-state index contributed by atoms with van der Waals surface area (Å²) in [6.07, 6.45) is 1.24. The molecule has 6 heteroatoms. The molecule has 1 aromatic carbocycles. The fourth-order valence-electron chi connectivity index (χ4n) is 1.56. The standard InChI is InChI=1S/C13H10ClFN2O2/c1-19-13-6-9(16-7-17-13)5-12(18)10-4-8(14)2-3-11(10)15/h2-4,6-7H,5H2,1H3. The van der Waals surface area contributed by atoms with Crippen molar-refractivity contribution in [3.8, 4) is 5.88 Å². The van der Waals surface area contributed by atoms with E-state index in [1.807, 2.05) is 0 Å². The first kappa shape index (κ1) is 13.4. The molecule has 0 saturated heterocycles. The molecule has 0 unspecified atom stereocenters. The van der Waals surface area contributed by atoms with Crippen LogP contribution in [0.3, 0.4) is 0 Å². The lowest BCUT2D eigenvalue weighted by molar-refractivity contribution is 0.0988. The minimum atomic E-state index is -0.601. The number of nitrogens with zero attached hydrogens (tertiary/aromatic N) is 2.